The first-order valence-electron chi connectivity index (χ1n) is 8.71. The first-order valence-corrected chi connectivity index (χ1v) is 9.51. The fourth-order valence-electron chi connectivity index (χ4n) is 2.91. The lowest BCUT2D eigenvalue weighted by molar-refractivity contribution is 0.0857. The minimum absolute atomic E-state index is 0.0841. The van der Waals surface area contributed by atoms with Crippen molar-refractivity contribution in [3.05, 3.63) is 58.1 Å². The summed E-state index contributed by atoms with van der Waals surface area (Å²) in [5.41, 5.74) is 1.42. The standard InChI is InChI=1S/C20H21BrN2O4/c1-26-18-8-7-14(21)11-17(18)20(25)23-15-5-2-4-13(10-15)19(24)22-12-16-6-3-9-27-16/h2,4-5,7-8,10-11,16H,3,6,9,12H2,1H3,(H,22,24)(H,23,25). The quantitative estimate of drug-likeness (QED) is 0.730. The topological polar surface area (TPSA) is 76.7 Å². The maximum Gasteiger partial charge on any atom is 0.259 e. The summed E-state index contributed by atoms with van der Waals surface area (Å²) in [6.45, 7) is 1.24. The Bertz CT molecular complexity index is 834. The third-order valence-corrected chi connectivity index (χ3v) is 4.80. The van der Waals surface area contributed by atoms with Crippen LogP contribution in [-0.4, -0.2) is 38.2 Å². The molecule has 1 unspecified atom stereocenters. The Balaban J connectivity index is 1.67. The van der Waals surface area contributed by atoms with Gasteiger partial charge in [0.1, 0.15) is 5.75 Å². The highest BCUT2D eigenvalue weighted by atomic mass is 79.9. The van der Waals surface area contributed by atoms with Crippen LogP contribution in [0.1, 0.15) is 33.6 Å². The average molecular weight is 433 g/mol. The van der Waals surface area contributed by atoms with Crippen LogP contribution in [-0.2, 0) is 4.74 Å². The van der Waals surface area contributed by atoms with Gasteiger partial charge in [-0.25, -0.2) is 0 Å². The van der Waals surface area contributed by atoms with Crippen molar-refractivity contribution >= 4 is 33.4 Å². The summed E-state index contributed by atoms with van der Waals surface area (Å²) in [6.07, 6.45) is 2.08. The van der Waals surface area contributed by atoms with Crippen LogP contribution < -0.4 is 15.4 Å². The first-order chi connectivity index (χ1) is 13.1. The van der Waals surface area contributed by atoms with Crippen LogP contribution in [0, 0.1) is 0 Å². The van der Waals surface area contributed by atoms with E-state index in [-0.39, 0.29) is 17.9 Å². The molecule has 1 saturated heterocycles. The van der Waals surface area contributed by atoms with Crippen molar-refractivity contribution in [2.45, 2.75) is 18.9 Å². The molecule has 2 aromatic carbocycles. The molecule has 0 bridgehead atoms. The molecule has 1 aliphatic rings. The van der Waals surface area contributed by atoms with Crippen LogP contribution in [0.15, 0.2) is 46.9 Å². The first kappa shape index (κ1) is 19.4. The monoisotopic (exact) mass is 432 g/mol. The van der Waals surface area contributed by atoms with Crippen molar-refractivity contribution in [1.29, 1.82) is 0 Å². The normalized spacial score (nSPS) is 16.0. The Morgan fingerprint density at radius 2 is 2.07 bits per heavy atom. The molecule has 2 aromatic rings. The van der Waals surface area contributed by atoms with Gasteiger partial charge in [-0.3, -0.25) is 9.59 Å². The molecule has 1 fully saturated rings. The summed E-state index contributed by atoms with van der Waals surface area (Å²) in [7, 11) is 1.51. The zero-order valence-corrected chi connectivity index (χ0v) is 16.5. The van der Waals surface area contributed by atoms with Crippen molar-refractivity contribution < 1.29 is 19.1 Å². The van der Waals surface area contributed by atoms with E-state index in [9.17, 15) is 9.59 Å². The lowest BCUT2D eigenvalue weighted by atomic mass is 10.1. The third kappa shape index (κ3) is 5.08. The molecular formula is C20H21BrN2O4. The lowest BCUT2D eigenvalue weighted by Gasteiger charge is -2.12. The Morgan fingerprint density at radius 3 is 2.81 bits per heavy atom. The SMILES string of the molecule is COc1ccc(Br)cc1C(=O)Nc1cccc(C(=O)NCC2CCCO2)c1. The largest absolute Gasteiger partial charge is 0.496 e. The fourth-order valence-corrected chi connectivity index (χ4v) is 3.27. The number of benzene rings is 2. The smallest absolute Gasteiger partial charge is 0.259 e. The van der Waals surface area contributed by atoms with Gasteiger partial charge in [-0.2, -0.15) is 0 Å². The summed E-state index contributed by atoms with van der Waals surface area (Å²) < 4.78 is 11.5. The molecule has 0 radical (unpaired) electrons. The second kappa shape index (κ2) is 9.01. The van der Waals surface area contributed by atoms with E-state index in [1.165, 1.54) is 7.11 Å². The molecule has 0 spiro atoms. The summed E-state index contributed by atoms with van der Waals surface area (Å²) in [5, 5.41) is 5.68. The second-order valence-corrected chi connectivity index (χ2v) is 7.14. The van der Waals surface area contributed by atoms with E-state index in [1.54, 1.807) is 42.5 Å². The number of amides is 2. The Labute approximate surface area is 166 Å². The van der Waals surface area contributed by atoms with Crippen LogP contribution in [0.3, 0.4) is 0 Å². The van der Waals surface area contributed by atoms with Crippen molar-refractivity contribution in [2.75, 3.05) is 25.6 Å². The van der Waals surface area contributed by atoms with Gasteiger partial charge in [0, 0.05) is 28.9 Å². The molecule has 0 aliphatic carbocycles. The molecule has 0 saturated carbocycles. The van der Waals surface area contributed by atoms with Gasteiger partial charge in [0.15, 0.2) is 0 Å². The number of ether oxygens (including phenoxy) is 2. The average Bonchev–Trinajstić information content (AvgIpc) is 3.20. The van der Waals surface area contributed by atoms with Gasteiger partial charge < -0.3 is 20.1 Å². The summed E-state index contributed by atoms with van der Waals surface area (Å²) in [5.74, 6) is -0.0344. The van der Waals surface area contributed by atoms with Gasteiger partial charge in [-0.1, -0.05) is 22.0 Å². The van der Waals surface area contributed by atoms with Crippen molar-refractivity contribution in [3.63, 3.8) is 0 Å². The molecule has 1 heterocycles. The lowest BCUT2D eigenvalue weighted by Crippen LogP contribution is -2.31. The van der Waals surface area contributed by atoms with E-state index in [0.717, 1.165) is 23.9 Å². The van der Waals surface area contributed by atoms with E-state index in [1.807, 2.05) is 0 Å². The molecule has 0 aromatic heterocycles. The van der Waals surface area contributed by atoms with Crippen LogP contribution in [0.25, 0.3) is 0 Å². The zero-order valence-electron chi connectivity index (χ0n) is 15.0. The highest BCUT2D eigenvalue weighted by Crippen LogP contribution is 2.24. The molecule has 3 rings (SSSR count). The Hall–Kier alpha value is -2.38. The molecule has 27 heavy (non-hydrogen) atoms. The van der Waals surface area contributed by atoms with Gasteiger partial charge in [0.2, 0.25) is 0 Å². The maximum absolute atomic E-state index is 12.6. The number of methoxy groups -OCH3 is 1. The number of nitrogens with one attached hydrogen (secondary N) is 2. The second-order valence-electron chi connectivity index (χ2n) is 6.22. The summed E-state index contributed by atoms with van der Waals surface area (Å²) in [6, 6.07) is 12.0. The molecule has 7 heteroatoms. The number of hydrogen-bond donors (Lipinski definition) is 2. The number of anilines is 1. The number of carbonyl (C=O) groups is 2. The van der Waals surface area contributed by atoms with Crippen LogP contribution >= 0.6 is 15.9 Å². The molecule has 6 nitrogen and oxygen atoms in total. The summed E-state index contributed by atoms with van der Waals surface area (Å²) in [4.78, 5) is 24.9. The van der Waals surface area contributed by atoms with Crippen molar-refractivity contribution in [1.82, 2.24) is 5.32 Å². The number of rotatable bonds is 6. The van der Waals surface area contributed by atoms with Gasteiger partial charge >= 0.3 is 0 Å². The fraction of sp³-hybridized carbons (Fsp3) is 0.300. The molecular weight excluding hydrogens is 412 g/mol. The van der Waals surface area contributed by atoms with Crippen LogP contribution in [0.5, 0.6) is 5.75 Å². The van der Waals surface area contributed by atoms with E-state index in [4.69, 9.17) is 9.47 Å². The Morgan fingerprint density at radius 1 is 1.22 bits per heavy atom. The Kier molecular flexibility index (Phi) is 6.47. The molecule has 1 aliphatic heterocycles. The van der Waals surface area contributed by atoms with Crippen molar-refractivity contribution in [2.24, 2.45) is 0 Å². The van der Waals surface area contributed by atoms with Gasteiger partial charge in [0.05, 0.1) is 18.8 Å². The van der Waals surface area contributed by atoms with Gasteiger partial charge in [0.25, 0.3) is 11.8 Å². The predicted molar refractivity (Wildman–Crippen MR) is 106 cm³/mol. The van der Waals surface area contributed by atoms with Crippen LogP contribution in [0.4, 0.5) is 5.69 Å². The minimum atomic E-state index is -0.315. The van der Waals surface area contributed by atoms with Gasteiger partial charge in [-0.05, 0) is 49.2 Å². The zero-order chi connectivity index (χ0) is 19.2. The highest BCUT2D eigenvalue weighted by Gasteiger charge is 2.17. The maximum atomic E-state index is 12.6. The number of carbonyl (C=O) groups excluding carboxylic acids is 2. The molecule has 2 amide bonds. The van der Waals surface area contributed by atoms with E-state index in [0.29, 0.717) is 29.1 Å². The molecule has 142 valence electrons. The summed E-state index contributed by atoms with van der Waals surface area (Å²) >= 11 is 3.36. The highest BCUT2D eigenvalue weighted by molar-refractivity contribution is 9.10. The van der Waals surface area contributed by atoms with Crippen molar-refractivity contribution in [3.8, 4) is 5.75 Å². The molecule has 2 N–H and O–H groups in total. The van der Waals surface area contributed by atoms with Gasteiger partial charge in [-0.15, -0.1) is 0 Å². The third-order valence-electron chi connectivity index (χ3n) is 4.30. The number of hydrogen-bond acceptors (Lipinski definition) is 4. The molecule has 1 atom stereocenters. The van der Waals surface area contributed by atoms with E-state index >= 15 is 0 Å². The van der Waals surface area contributed by atoms with E-state index in [2.05, 4.69) is 26.6 Å². The minimum Gasteiger partial charge on any atom is -0.496 e. The van der Waals surface area contributed by atoms with Crippen LogP contribution in [0.2, 0.25) is 0 Å². The van der Waals surface area contributed by atoms with E-state index < -0.39 is 0 Å². The number of halogens is 1. The predicted octanol–water partition coefficient (Wildman–Crippen LogP) is 3.62.